The standard InChI is InChI=1S/C26H27FN2O3S/c1-19-7-13-24(14-8-19)33(31,32)29-17-15-22(16-18-29)26(30)28-25(20-5-3-2-4-6-20)21-9-11-23(27)12-10-21/h2-14,22,25H,15-18H2,1H3,(H,28,30). The molecule has 1 fully saturated rings. The van der Waals surface area contributed by atoms with Crippen LogP contribution < -0.4 is 5.32 Å². The van der Waals surface area contributed by atoms with Crippen molar-refractivity contribution in [2.45, 2.75) is 30.7 Å². The number of carbonyl (C=O) groups excluding carboxylic acids is 1. The molecule has 3 aromatic rings. The third kappa shape index (κ3) is 5.31. The maximum atomic E-state index is 13.4. The maximum absolute atomic E-state index is 13.4. The Morgan fingerprint density at radius 1 is 0.909 bits per heavy atom. The molecule has 0 saturated carbocycles. The number of benzene rings is 3. The van der Waals surface area contributed by atoms with E-state index in [1.165, 1.54) is 16.4 Å². The minimum absolute atomic E-state index is 0.124. The van der Waals surface area contributed by atoms with Crippen molar-refractivity contribution in [3.05, 3.63) is 101 Å². The van der Waals surface area contributed by atoms with Crippen molar-refractivity contribution in [3.63, 3.8) is 0 Å². The van der Waals surface area contributed by atoms with Crippen molar-refractivity contribution in [2.75, 3.05) is 13.1 Å². The van der Waals surface area contributed by atoms with Crippen LogP contribution in [0, 0.1) is 18.7 Å². The normalized spacial score (nSPS) is 16.3. The molecule has 1 aliphatic heterocycles. The highest BCUT2D eigenvalue weighted by atomic mass is 32.2. The van der Waals surface area contributed by atoms with E-state index in [0.717, 1.165) is 16.7 Å². The van der Waals surface area contributed by atoms with E-state index in [4.69, 9.17) is 0 Å². The van der Waals surface area contributed by atoms with Crippen molar-refractivity contribution in [2.24, 2.45) is 5.92 Å². The molecule has 3 aromatic carbocycles. The molecule has 0 radical (unpaired) electrons. The lowest BCUT2D eigenvalue weighted by atomic mass is 9.94. The lowest BCUT2D eigenvalue weighted by molar-refractivity contribution is -0.126. The predicted octanol–water partition coefficient (Wildman–Crippen LogP) is 4.44. The van der Waals surface area contributed by atoms with Crippen LogP contribution in [-0.2, 0) is 14.8 Å². The first-order valence-corrected chi connectivity index (χ1v) is 12.5. The number of aryl methyl sites for hydroxylation is 1. The van der Waals surface area contributed by atoms with Gasteiger partial charge in [-0.3, -0.25) is 4.79 Å². The number of hydrogen-bond donors (Lipinski definition) is 1. The first-order chi connectivity index (χ1) is 15.8. The van der Waals surface area contributed by atoms with E-state index in [2.05, 4.69) is 5.32 Å². The molecule has 0 aromatic heterocycles. The van der Waals surface area contributed by atoms with Crippen molar-refractivity contribution in [1.82, 2.24) is 9.62 Å². The fraction of sp³-hybridized carbons (Fsp3) is 0.269. The van der Waals surface area contributed by atoms with Gasteiger partial charge in [-0.05, 0) is 55.2 Å². The second-order valence-electron chi connectivity index (χ2n) is 8.40. The summed E-state index contributed by atoms with van der Waals surface area (Å²) < 4.78 is 40.8. The SMILES string of the molecule is Cc1ccc(S(=O)(=O)N2CCC(C(=O)NC(c3ccccc3)c3ccc(F)cc3)CC2)cc1. The Morgan fingerprint density at radius 2 is 1.48 bits per heavy atom. The molecule has 0 aliphatic carbocycles. The highest BCUT2D eigenvalue weighted by Gasteiger charge is 2.33. The van der Waals surface area contributed by atoms with Gasteiger partial charge in [-0.1, -0.05) is 60.2 Å². The van der Waals surface area contributed by atoms with Crippen LogP contribution in [0.2, 0.25) is 0 Å². The lowest BCUT2D eigenvalue weighted by Gasteiger charge is -2.31. The van der Waals surface area contributed by atoms with Gasteiger partial charge >= 0.3 is 0 Å². The van der Waals surface area contributed by atoms with Crippen LogP contribution in [0.3, 0.4) is 0 Å². The number of amides is 1. The first-order valence-electron chi connectivity index (χ1n) is 11.0. The van der Waals surface area contributed by atoms with E-state index < -0.39 is 16.1 Å². The number of nitrogens with zero attached hydrogens (tertiary/aromatic N) is 1. The predicted molar refractivity (Wildman–Crippen MR) is 125 cm³/mol. The molecular formula is C26H27FN2O3S. The van der Waals surface area contributed by atoms with E-state index in [1.54, 1.807) is 36.4 Å². The van der Waals surface area contributed by atoms with E-state index in [9.17, 15) is 17.6 Å². The van der Waals surface area contributed by atoms with Gasteiger partial charge in [-0.15, -0.1) is 0 Å². The molecule has 1 aliphatic rings. The molecule has 1 unspecified atom stereocenters. The molecule has 33 heavy (non-hydrogen) atoms. The molecule has 1 N–H and O–H groups in total. The molecule has 4 rings (SSSR count). The smallest absolute Gasteiger partial charge is 0.243 e. The van der Waals surface area contributed by atoms with Crippen LogP contribution in [0.4, 0.5) is 4.39 Å². The summed E-state index contributed by atoms with van der Waals surface area (Å²) in [6.07, 6.45) is 0.893. The largest absolute Gasteiger partial charge is 0.345 e. The molecule has 1 amide bonds. The Bertz CT molecular complexity index is 1190. The number of piperidine rings is 1. The fourth-order valence-electron chi connectivity index (χ4n) is 4.14. The van der Waals surface area contributed by atoms with Gasteiger partial charge < -0.3 is 5.32 Å². The third-order valence-electron chi connectivity index (χ3n) is 6.11. The zero-order valence-corrected chi connectivity index (χ0v) is 19.3. The van der Waals surface area contributed by atoms with Crippen LogP contribution >= 0.6 is 0 Å². The highest BCUT2D eigenvalue weighted by Crippen LogP contribution is 2.27. The summed E-state index contributed by atoms with van der Waals surface area (Å²) in [5.74, 6) is -0.749. The van der Waals surface area contributed by atoms with Crippen LogP contribution in [0.5, 0.6) is 0 Å². The Labute approximate surface area is 194 Å². The topological polar surface area (TPSA) is 66.5 Å². The molecule has 1 heterocycles. The monoisotopic (exact) mass is 466 g/mol. The summed E-state index contributed by atoms with van der Waals surface area (Å²) in [5.41, 5.74) is 2.69. The highest BCUT2D eigenvalue weighted by molar-refractivity contribution is 7.89. The molecule has 0 bridgehead atoms. The van der Waals surface area contributed by atoms with E-state index in [0.29, 0.717) is 25.9 Å². The third-order valence-corrected chi connectivity index (χ3v) is 8.02. The van der Waals surface area contributed by atoms with Gasteiger partial charge in [0.25, 0.3) is 0 Å². The lowest BCUT2D eigenvalue weighted by Crippen LogP contribution is -2.43. The number of hydrogen-bond acceptors (Lipinski definition) is 3. The van der Waals surface area contributed by atoms with Crippen molar-refractivity contribution < 1.29 is 17.6 Å². The van der Waals surface area contributed by atoms with Gasteiger partial charge in [-0.25, -0.2) is 12.8 Å². The van der Waals surface area contributed by atoms with Gasteiger partial charge in [0.1, 0.15) is 5.82 Å². The van der Waals surface area contributed by atoms with Gasteiger partial charge in [0.05, 0.1) is 10.9 Å². The minimum Gasteiger partial charge on any atom is -0.345 e. The number of rotatable bonds is 6. The zero-order valence-electron chi connectivity index (χ0n) is 18.4. The summed E-state index contributed by atoms with van der Waals surface area (Å²) in [5, 5.41) is 3.10. The quantitative estimate of drug-likeness (QED) is 0.584. The van der Waals surface area contributed by atoms with E-state index >= 15 is 0 Å². The second kappa shape index (κ2) is 9.85. The Hall–Kier alpha value is -3.03. The number of sulfonamides is 1. The Kier molecular flexibility index (Phi) is 6.91. The molecule has 0 spiro atoms. The van der Waals surface area contributed by atoms with Gasteiger partial charge in [0.2, 0.25) is 15.9 Å². The minimum atomic E-state index is -3.57. The Morgan fingerprint density at radius 3 is 2.09 bits per heavy atom. The molecular weight excluding hydrogens is 439 g/mol. The van der Waals surface area contributed by atoms with Crippen LogP contribution in [0.1, 0.15) is 35.6 Å². The molecule has 1 atom stereocenters. The van der Waals surface area contributed by atoms with E-state index in [1.807, 2.05) is 37.3 Å². The van der Waals surface area contributed by atoms with Crippen LogP contribution in [-0.4, -0.2) is 31.7 Å². The average Bonchev–Trinajstić information content (AvgIpc) is 2.84. The van der Waals surface area contributed by atoms with Crippen molar-refractivity contribution in [1.29, 1.82) is 0 Å². The van der Waals surface area contributed by atoms with Crippen LogP contribution in [0.15, 0.2) is 83.8 Å². The zero-order chi connectivity index (χ0) is 23.4. The second-order valence-corrected chi connectivity index (χ2v) is 10.3. The number of halogens is 1. The van der Waals surface area contributed by atoms with Gasteiger partial charge in [0, 0.05) is 19.0 Å². The molecule has 5 nitrogen and oxygen atoms in total. The molecule has 1 saturated heterocycles. The summed E-state index contributed by atoms with van der Waals surface area (Å²) in [6.45, 7) is 2.50. The fourth-order valence-corrected chi connectivity index (χ4v) is 5.61. The van der Waals surface area contributed by atoms with Gasteiger partial charge in [0.15, 0.2) is 0 Å². The first kappa shape index (κ1) is 23.1. The van der Waals surface area contributed by atoms with Crippen molar-refractivity contribution in [3.8, 4) is 0 Å². The Balaban J connectivity index is 1.45. The summed E-state index contributed by atoms with van der Waals surface area (Å²) in [4.78, 5) is 13.4. The van der Waals surface area contributed by atoms with Crippen LogP contribution in [0.25, 0.3) is 0 Å². The summed E-state index contributed by atoms with van der Waals surface area (Å²) in [7, 11) is -3.57. The number of nitrogens with one attached hydrogen (secondary N) is 1. The molecule has 172 valence electrons. The summed E-state index contributed by atoms with van der Waals surface area (Å²) in [6, 6.07) is 22.0. The molecule has 7 heteroatoms. The average molecular weight is 467 g/mol. The van der Waals surface area contributed by atoms with Gasteiger partial charge in [-0.2, -0.15) is 4.31 Å². The number of carbonyl (C=O) groups is 1. The maximum Gasteiger partial charge on any atom is 0.243 e. The van der Waals surface area contributed by atoms with E-state index in [-0.39, 0.29) is 22.5 Å². The van der Waals surface area contributed by atoms with Crippen molar-refractivity contribution >= 4 is 15.9 Å². The summed E-state index contributed by atoms with van der Waals surface area (Å²) >= 11 is 0.